The van der Waals surface area contributed by atoms with Crippen LogP contribution < -0.4 is 0 Å². The fourth-order valence-corrected chi connectivity index (χ4v) is 2.16. The summed E-state index contributed by atoms with van der Waals surface area (Å²) in [6.07, 6.45) is 0.993. The number of pyridine rings is 1. The molecule has 2 aliphatic heterocycles. The number of hydrogen-bond donors (Lipinski definition) is 1. The lowest BCUT2D eigenvalue weighted by atomic mass is 10.1. The molecular formula is C14H12F2N2O. The predicted molar refractivity (Wildman–Crippen MR) is 68.2 cm³/mol. The van der Waals surface area contributed by atoms with E-state index in [2.05, 4.69) is 4.98 Å². The van der Waals surface area contributed by atoms with Crippen LogP contribution in [0, 0.1) is 0 Å². The Balaban J connectivity index is 2.16. The molecule has 0 bridgehead atoms. The number of para-hydroxylation sites is 1. The van der Waals surface area contributed by atoms with Crippen molar-refractivity contribution < 1.29 is 13.9 Å². The van der Waals surface area contributed by atoms with E-state index in [0.717, 1.165) is 21.0 Å². The van der Waals surface area contributed by atoms with Crippen molar-refractivity contribution in [3.05, 3.63) is 42.7 Å². The first-order chi connectivity index (χ1) is 8.97. The summed E-state index contributed by atoms with van der Waals surface area (Å²) in [5.74, 6) is -3.20. The molecule has 0 radical (unpaired) electrons. The number of nitrogens with zero attached hydrogens (tertiary/aromatic N) is 2. The van der Waals surface area contributed by atoms with Crippen molar-refractivity contribution in [3.63, 3.8) is 0 Å². The fraction of sp³-hybridized carbons (Fsp3) is 0.214. The molecule has 3 rings (SSSR count). The number of alkyl halides is 2. The maximum atomic E-state index is 13.1. The zero-order chi connectivity index (χ0) is 13.6. The number of benzene rings is 1. The average Bonchev–Trinajstić information content (AvgIpc) is 2.74. The van der Waals surface area contributed by atoms with Gasteiger partial charge in [0, 0.05) is 30.3 Å². The predicted octanol–water partition coefficient (Wildman–Crippen LogP) is 3.29. The highest BCUT2D eigenvalue weighted by Gasteiger charge is 2.33. The van der Waals surface area contributed by atoms with Crippen molar-refractivity contribution in [3.8, 4) is 11.3 Å². The molecule has 0 saturated heterocycles. The summed E-state index contributed by atoms with van der Waals surface area (Å²) in [7, 11) is 0. The van der Waals surface area contributed by atoms with Gasteiger partial charge in [-0.05, 0) is 12.1 Å². The normalized spacial score (nSPS) is 14.1. The maximum absolute atomic E-state index is 13.1. The number of rotatable bonds is 2. The van der Waals surface area contributed by atoms with Gasteiger partial charge in [0.1, 0.15) is 0 Å². The van der Waals surface area contributed by atoms with E-state index >= 15 is 0 Å². The lowest BCUT2D eigenvalue weighted by Gasteiger charge is -2.21. The summed E-state index contributed by atoms with van der Waals surface area (Å²) < 4.78 is 27.3. The standard InChI is InChI=1S/C14H12F2N2O/c1-14(15,16)13(19)18-7-6-10-9-4-2-3-5-11(9)17-12(10)8-18/h2-8,13,19H,1H3. The molecule has 0 spiro atoms. The summed E-state index contributed by atoms with van der Waals surface area (Å²) in [6.45, 7) is 0.684. The van der Waals surface area contributed by atoms with Crippen molar-refractivity contribution in [2.24, 2.45) is 0 Å². The minimum atomic E-state index is -3.20. The molecule has 0 saturated carbocycles. The van der Waals surface area contributed by atoms with Crippen molar-refractivity contribution >= 4 is 10.9 Å². The van der Waals surface area contributed by atoms with Crippen LogP contribution in [0.4, 0.5) is 8.78 Å². The minimum Gasteiger partial charge on any atom is -0.368 e. The number of hydrogen-bond acceptors (Lipinski definition) is 2. The number of fused-ring (bicyclic) bond motifs is 3. The van der Waals surface area contributed by atoms with Crippen LogP contribution in [0.3, 0.4) is 0 Å². The van der Waals surface area contributed by atoms with Gasteiger partial charge in [0.15, 0.2) is 6.23 Å². The smallest absolute Gasteiger partial charge is 0.289 e. The highest BCUT2D eigenvalue weighted by atomic mass is 19.3. The number of aromatic nitrogens is 2. The molecule has 3 nitrogen and oxygen atoms in total. The monoisotopic (exact) mass is 262 g/mol. The van der Waals surface area contributed by atoms with Gasteiger partial charge in [-0.25, -0.2) is 13.8 Å². The lowest BCUT2D eigenvalue weighted by molar-refractivity contribution is -0.131. The van der Waals surface area contributed by atoms with Gasteiger partial charge in [-0.3, -0.25) is 0 Å². The average molecular weight is 262 g/mol. The molecule has 1 aromatic carbocycles. The highest BCUT2D eigenvalue weighted by Crippen LogP contribution is 2.33. The van der Waals surface area contributed by atoms with Gasteiger partial charge < -0.3 is 9.67 Å². The SMILES string of the molecule is CC(F)(F)C(O)n1ccc2c3ccccc3nc-2c1. The highest BCUT2D eigenvalue weighted by molar-refractivity contribution is 5.96. The summed E-state index contributed by atoms with van der Waals surface area (Å²) in [4.78, 5) is 4.36. The Morgan fingerprint density at radius 3 is 2.74 bits per heavy atom. The first-order valence-electron chi connectivity index (χ1n) is 5.88. The number of halogens is 2. The van der Waals surface area contributed by atoms with Gasteiger partial charge in [0.05, 0.1) is 11.2 Å². The Bertz CT molecular complexity index is 702. The third-order valence-electron chi connectivity index (χ3n) is 3.13. The van der Waals surface area contributed by atoms with Gasteiger partial charge in [0.2, 0.25) is 0 Å². The largest absolute Gasteiger partial charge is 0.368 e. The van der Waals surface area contributed by atoms with Crippen LogP contribution in [0.25, 0.3) is 22.2 Å². The van der Waals surface area contributed by atoms with E-state index in [4.69, 9.17) is 0 Å². The van der Waals surface area contributed by atoms with E-state index in [-0.39, 0.29) is 0 Å². The van der Waals surface area contributed by atoms with E-state index in [1.54, 1.807) is 6.07 Å². The van der Waals surface area contributed by atoms with Crippen LogP contribution in [0.2, 0.25) is 0 Å². The first kappa shape index (κ1) is 12.0. The molecule has 1 aromatic rings. The summed E-state index contributed by atoms with van der Waals surface area (Å²) in [6, 6.07) is 9.26. The minimum absolute atomic E-state index is 0.590. The molecule has 1 atom stereocenters. The summed E-state index contributed by atoms with van der Waals surface area (Å²) in [5, 5.41) is 10.6. The topological polar surface area (TPSA) is 38.0 Å². The molecule has 5 heteroatoms. The Morgan fingerprint density at radius 1 is 1.26 bits per heavy atom. The van der Waals surface area contributed by atoms with Crippen LogP contribution in [0.15, 0.2) is 42.7 Å². The molecular weight excluding hydrogens is 250 g/mol. The molecule has 98 valence electrons. The Labute approximate surface area is 108 Å². The third kappa shape index (κ3) is 1.96. The quantitative estimate of drug-likeness (QED) is 0.769. The molecule has 1 unspecified atom stereocenters. The van der Waals surface area contributed by atoms with Crippen LogP contribution >= 0.6 is 0 Å². The molecule has 0 aliphatic carbocycles. The van der Waals surface area contributed by atoms with Gasteiger partial charge in [0.25, 0.3) is 5.92 Å². The molecule has 2 heterocycles. The van der Waals surface area contributed by atoms with Crippen LogP contribution in [0.5, 0.6) is 0 Å². The van der Waals surface area contributed by atoms with Gasteiger partial charge in [-0.1, -0.05) is 18.2 Å². The van der Waals surface area contributed by atoms with E-state index in [9.17, 15) is 13.9 Å². The van der Waals surface area contributed by atoms with Crippen LogP contribution in [0.1, 0.15) is 13.2 Å². The zero-order valence-corrected chi connectivity index (χ0v) is 10.2. The molecule has 2 aliphatic rings. The maximum Gasteiger partial charge on any atom is 0.289 e. The fourth-order valence-electron chi connectivity index (χ4n) is 2.16. The molecule has 0 amide bonds. The second kappa shape index (κ2) is 3.99. The number of aliphatic hydroxyl groups excluding tert-OH is 1. The van der Waals surface area contributed by atoms with Crippen molar-refractivity contribution in [2.75, 3.05) is 0 Å². The second-order valence-corrected chi connectivity index (χ2v) is 4.65. The lowest BCUT2D eigenvalue weighted by Crippen LogP contribution is -2.27. The molecule has 0 aromatic heterocycles. The first-order valence-corrected chi connectivity index (χ1v) is 5.88. The second-order valence-electron chi connectivity index (χ2n) is 4.65. The zero-order valence-electron chi connectivity index (χ0n) is 10.2. The summed E-state index contributed by atoms with van der Waals surface area (Å²) in [5.41, 5.74) is 2.29. The molecule has 19 heavy (non-hydrogen) atoms. The Hall–Kier alpha value is -2.01. The van der Waals surface area contributed by atoms with E-state index in [0.29, 0.717) is 12.6 Å². The van der Waals surface area contributed by atoms with E-state index in [1.807, 2.05) is 24.3 Å². The Kier molecular flexibility index (Phi) is 2.53. The number of aliphatic hydroxyl groups is 1. The van der Waals surface area contributed by atoms with Crippen molar-refractivity contribution in [1.29, 1.82) is 0 Å². The van der Waals surface area contributed by atoms with Crippen molar-refractivity contribution in [2.45, 2.75) is 19.1 Å². The molecule has 0 fully saturated rings. The van der Waals surface area contributed by atoms with Crippen LogP contribution in [-0.4, -0.2) is 20.6 Å². The van der Waals surface area contributed by atoms with E-state index < -0.39 is 12.2 Å². The van der Waals surface area contributed by atoms with Crippen LogP contribution in [-0.2, 0) is 0 Å². The third-order valence-corrected chi connectivity index (χ3v) is 3.13. The summed E-state index contributed by atoms with van der Waals surface area (Å²) >= 11 is 0. The van der Waals surface area contributed by atoms with Crippen molar-refractivity contribution in [1.82, 2.24) is 9.55 Å². The van der Waals surface area contributed by atoms with E-state index in [1.165, 1.54) is 12.4 Å². The van der Waals surface area contributed by atoms with Gasteiger partial charge >= 0.3 is 0 Å². The van der Waals surface area contributed by atoms with Gasteiger partial charge in [-0.2, -0.15) is 0 Å². The molecule has 1 N–H and O–H groups in total. The van der Waals surface area contributed by atoms with Gasteiger partial charge in [-0.15, -0.1) is 0 Å². The Morgan fingerprint density at radius 2 is 2.00 bits per heavy atom.